The molecule has 1 amide bonds. The van der Waals surface area contributed by atoms with Gasteiger partial charge in [0.25, 0.3) is 0 Å². The van der Waals surface area contributed by atoms with E-state index in [-0.39, 0.29) is 10.9 Å². The van der Waals surface area contributed by atoms with E-state index in [9.17, 15) is 9.18 Å². The second kappa shape index (κ2) is 9.79. The molecule has 182 valence electrons. The van der Waals surface area contributed by atoms with Crippen molar-refractivity contribution in [1.29, 1.82) is 0 Å². The van der Waals surface area contributed by atoms with E-state index in [1.807, 2.05) is 6.08 Å². The fourth-order valence-corrected chi connectivity index (χ4v) is 5.30. The number of ether oxygens (including phenoxy) is 1. The highest BCUT2D eigenvalue weighted by Crippen LogP contribution is 2.45. The molecule has 2 fully saturated rings. The Balaban J connectivity index is 1.30. The van der Waals surface area contributed by atoms with Crippen molar-refractivity contribution < 1.29 is 13.9 Å². The molecule has 2 heterocycles. The van der Waals surface area contributed by atoms with Crippen molar-refractivity contribution in [3.05, 3.63) is 59.7 Å². The number of carbonyl (C=O) groups excluding carboxylic acids is 1. The van der Waals surface area contributed by atoms with Gasteiger partial charge in [0.1, 0.15) is 23.7 Å². The zero-order valence-corrected chi connectivity index (χ0v) is 20.2. The second-order valence-corrected chi connectivity index (χ2v) is 9.72. The number of benzene rings is 2. The summed E-state index contributed by atoms with van der Waals surface area (Å²) in [6, 6.07) is 7.82. The first kappa shape index (κ1) is 23.5. The molecule has 2 aliphatic rings. The Kier molecular flexibility index (Phi) is 6.58. The molecule has 0 radical (unpaired) electrons. The van der Waals surface area contributed by atoms with Gasteiger partial charge in [-0.05, 0) is 42.5 Å². The molecule has 2 N–H and O–H groups in total. The molecule has 3 aromatic rings. The standard InChI is InChI=1S/C26H27ClFN5O2/c1-35-23-13-21-18(25(30-16-29-21)31-17-6-7-20(28)19(27)11-17)12-22(23)32-24(34)5-4-10-33-14-26(15-33)8-2-3-9-26/h4-7,11-13,16H,2-3,8-10,14-15H2,1H3,(H,32,34)(H,29,30,31)/b5-4+. The van der Waals surface area contributed by atoms with E-state index in [0.29, 0.717) is 39.3 Å². The number of aromatic nitrogens is 2. The Labute approximate surface area is 208 Å². The number of hydrogen-bond acceptors (Lipinski definition) is 6. The molecule has 5 rings (SSSR count). The monoisotopic (exact) mass is 495 g/mol. The lowest BCUT2D eigenvalue weighted by molar-refractivity contribution is -0.111. The van der Waals surface area contributed by atoms with Gasteiger partial charge < -0.3 is 15.4 Å². The van der Waals surface area contributed by atoms with Crippen molar-refractivity contribution >= 4 is 45.6 Å². The van der Waals surface area contributed by atoms with Crippen LogP contribution in [-0.4, -0.2) is 47.5 Å². The molecule has 1 spiro atoms. The van der Waals surface area contributed by atoms with E-state index in [1.54, 1.807) is 24.3 Å². The van der Waals surface area contributed by atoms with Crippen LogP contribution < -0.4 is 15.4 Å². The van der Waals surface area contributed by atoms with Crippen LogP contribution in [0.25, 0.3) is 10.9 Å². The van der Waals surface area contributed by atoms with E-state index in [4.69, 9.17) is 16.3 Å². The van der Waals surface area contributed by atoms with Crippen LogP contribution in [0.3, 0.4) is 0 Å². The predicted octanol–water partition coefficient (Wildman–Crippen LogP) is 5.55. The fourth-order valence-electron chi connectivity index (χ4n) is 5.12. The number of amides is 1. The summed E-state index contributed by atoms with van der Waals surface area (Å²) in [5.74, 6) is 0.236. The van der Waals surface area contributed by atoms with Crippen LogP contribution in [0.15, 0.2) is 48.8 Å². The minimum absolute atomic E-state index is 0.00593. The van der Waals surface area contributed by atoms with Crippen molar-refractivity contribution in [2.45, 2.75) is 25.7 Å². The minimum atomic E-state index is -0.500. The number of rotatable bonds is 7. The van der Waals surface area contributed by atoms with E-state index in [0.717, 1.165) is 19.6 Å². The number of methoxy groups -OCH3 is 1. The molecule has 2 aromatic carbocycles. The van der Waals surface area contributed by atoms with E-state index in [1.165, 1.54) is 51.3 Å². The normalized spacial score (nSPS) is 17.1. The van der Waals surface area contributed by atoms with Gasteiger partial charge in [0, 0.05) is 42.9 Å². The number of fused-ring (bicyclic) bond motifs is 1. The number of halogens is 2. The highest BCUT2D eigenvalue weighted by molar-refractivity contribution is 6.31. The molecule has 1 saturated carbocycles. The van der Waals surface area contributed by atoms with Gasteiger partial charge >= 0.3 is 0 Å². The van der Waals surface area contributed by atoms with Gasteiger partial charge in [-0.3, -0.25) is 9.69 Å². The molecule has 7 nitrogen and oxygen atoms in total. The van der Waals surface area contributed by atoms with Crippen LogP contribution in [0, 0.1) is 11.2 Å². The van der Waals surface area contributed by atoms with Crippen LogP contribution in [0.1, 0.15) is 25.7 Å². The largest absolute Gasteiger partial charge is 0.494 e. The third-order valence-corrected chi connectivity index (χ3v) is 7.10. The summed E-state index contributed by atoms with van der Waals surface area (Å²) < 4.78 is 19.0. The van der Waals surface area contributed by atoms with Gasteiger partial charge in [0.2, 0.25) is 5.91 Å². The molecule has 1 aromatic heterocycles. The lowest BCUT2D eigenvalue weighted by Crippen LogP contribution is -2.54. The molecule has 1 aliphatic heterocycles. The van der Waals surface area contributed by atoms with Gasteiger partial charge in [-0.1, -0.05) is 30.5 Å². The molecule has 0 atom stereocenters. The number of anilines is 3. The lowest BCUT2D eigenvalue weighted by atomic mass is 9.78. The summed E-state index contributed by atoms with van der Waals surface area (Å²) in [4.78, 5) is 23.6. The molecule has 9 heteroatoms. The smallest absolute Gasteiger partial charge is 0.248 e. The van der Waals surface area contributed by atoms with Crippen molar-refractivity contribution in [3.8, 4) is 5.75 Å². The first-order chi connectivity index (χ1) is 16.9. The van der Waals surface area contributed by atoms with Crippen LogP contribution in [-0.2, 0) is 4.79 Å². The maximum atomic E-state index is 13.5. The molecular formula is C26H27ClFN5O2. The molecular weight excluding hydrogens is 469 g/mol. The Bertz CT molecular complexity index is 1280. The maximum absolute atomic E-state index is 13.5. The third-order valence-electron chi connectivity index (χ3n) is 6.81. The van der Waals surface area contributed by atoms with Crippen molar-refractivity contribution in [2.24, 2.45) is 5.41 Å². The average Bonchev–Trinajstić information content (AvgIpc) is 3.31. The molecule has 1 saturated heterocycles. The zero-order valence-electron chi connectivity index (χ0n) is 19.5. The molecule has 35 heavy (non-hydrogen) atoms. The van der Waals surface area contributed by atoms with Crippen LogP contribution >= 0.6 is 11.6 Å². The number of nitrogens with zero attached hydrogens (tertiary/aromatic N) is 3. The highest BCUT2D eigenvalue weighted by Gasteiger charge is 2.43. The Hall–Kier alpha value is -3.23. The summed E-state index contributed by atoms with van der Waals surface area (Å²) in [5.41, 5.74) is 2.24. The topological polar surface area (TPSA) is 79.4 Å². The Morgan fingerprint density at radius 3 is 2.77 bits per heavy atom. The van der Waals surface area contributed by atoms with Gasteiger partial charge in [-0.25, -0.2) is 14.4 Å². The number of nitrogens with one attached hydrogen (secondary N) is 2. The van der Waals surface area contributed by atoms with Gasteiger partial charge in [0.05, 0.1) is 23.3 Å². The van der Waals surface area contributed by atoms with Crippen LogP contribution in [0.2, 0.25) is 5.02 Å². The summed E-state index contributed by atoms with van der Waals surface area (Å²) in [6.45, 7) is 3.03. The van der Waals surface area contributed by atoms with E-state index < -0.39 is 5.82 Å². The number of likely N-dealkylation sites (tertiary alicyclic amines) is 1. The van der Waals surface area contributed by atoms with E-state index in [2.05, 4.69) is 25.5 Å². The summed E-state index contributed by atoms with van der Waals surface area (Å²) >= 11 is 5.90. The van der Waals surface area contributed by atoms with Crippen molar-refractivity contribution in [1.82, 2.24) is 14.9 Å². The molecule has 1 aliphatic carbocycles. The van der Waals surface area contributed by atoms with Gasteiger partial charge in [-0.2, -0.15) is 0 Å². The average molecular weight is 496 g/mol. The van der Waals surface area contributed by atoms with Gasteiger partial charge in [0.15, 0.2) is 0 Å². The van der Waals surface area contributed by atoms with Gasteiger partial charge in [-0.15, -0.1) is 0 Å². The summed E-state index contributed by atoms with van der Waals surface area (Å²) in [6.07, 6.45) is 10.2. The minimum Gasteiger partial charge on any atom is -0.494 e. The predicted molar refractivity (Wildman–Crippen MR) is 136 cm³/mol. The number of hydrogen-bond donors (Lipinski definition) is 2. The SMILES string of the molecule is COc1cc2ncnc(Nc3ccc(F)c(Cl)c3)c2cc1NC(=O)/C=C/CN1CC2(CCCC2)C1. The summed E-state index contributed by atoms with van der Waals surface area (Å²) in [7, 11) is 1.54. The quantitative estimate of drug-likeness (QED) is 0.419. The Morgan fingerprint density at radius 1 is 1.23 bits per heavy atom. The second-order valence-electron chi connectivity index (χ2n) is 9.31. The maximum Gasteiger partial charge on any atom is 0.248 e. The first-order valence-corrected chi connectivity index (χ1v) is 12.1. The Morgan fingerprint density at radius 2 is 2.03 bits per heavy atom. The zero-order chi connectivity index (χ0) is 24.4. The number of carbonyl (C=O) groups is 1. The third kappa shape index (κ3) is 5.09. The first-order valence-electron chi connectivity index (χ1n) is 11.7. The highest BCUT2D eigenvalue weighted by atomic mass is 35.5. The van der Waals surface area contributed by atoms with Crippen LogP contribution in [0.5, 0.6) is 5.75 Å². The molecule has 0 bridgehead atoms. The fraction of sp³-hybridized carbons (Fsp3) is 0.346. The van der Waals surface area contributed by atoms with E-state index >= 15 is 0 Å². The van der Waals surface area contributed by atoms with Crippen molar-refractivity contribution in [3.63, 3.8) is 0 Å². The lowest BCUT2D eigenvalue weighted by Gasteiger charge is -2.48. The van der Waals surface area contributed by atoms with Crippen LogP contribution in [0.4, 0.5) is 21.6 Å². The summed E-state index contributed by atoms with van der Waals surface area (Å²) in [5, 5.41) is 6.70. The van der Waals surface area contributed by atoms with Crippen molar-refractivity contribution in [2.75, 3.05) is 37.4 Å². The molecule has 0 unspecified atom stereocenters.